The fraction of sp³-hybridized carbons (Fsp3) is 0. The summed E-state index contributed by atoms with van der Waals surface area (Å²) in [5.74, 6) is 0. The molecule has 0 saturated heterocycles. The van der Waals surface area contributed by atoms with Crippen molar-refractivity contribution in [2.45, 2.75) is 0 Å². The van der Waals surface area contributed by atoms with Gasteiger partial charge in [0.05, 0.1) is 0 Å². The summed E-state index contributed by atoms with van der Waals surface area (Å²) in [4.78, 5) is 0. The van der Waals surface area contributed by atoms with Gasteiger partial charge in [-0.2, -0.15) is 4.21 Å². The van der Waals surface area contributed by atoms with E-state index in [2.05, 4.69) is 12.5 Å². The summed E-state index contributed by atoms with van der Waals surface area (Å²) in [6.45, 7) is 0. The number of halogens is 1. The minimum atomic E-state index is 0.500. The molecule has 0 spiro atoms. The molecule has 21 valence electrons. The van der Waals surface area contributed by atoms with Gasteiger partial charge in [-0.05, 0) is 0 Å². The predicted octanol–water partition coefficient (Wildman–Crippen LogP) is 0.351. The summed E-state index contributed by atoms with van der Waals surface area (Å²) in [7, 11) is 4.83. The van der Waals surface area contributed by atoms with E-state index in [4.69, 9.17) is 12.5 Å². The van der Waals surface area contributed by atoms with Gasteiger partial charge in [0.1, 0.15) is 0 Å². The van der Waals surface area contributed by atoms with E-state index in [1.54, 1.807) is 0 Å². The Morgan fingerprint density at radius 3 is 1.50 bits per heavy atom. The maximum atomic E-state index is 7.83. The van der Waals surface area contributed by atoms with Crippen molar-refractivity contribution in [1.29, 1.82) is 0 Å². The van der Waals surface area contributed by atoms with E-state index in [1.807, 2.05) is 0 Å². The molecule has 0 aromatic rings. The molecule has 0 bridgehead atoms. The number of rotatable bonds is 0. The standard InChI is InChI=1S/ClH.Hg.OS/c;;1-2/h1H;;/q;+1;/p-1. The molecule has 0 saturated carbocycles. The van der Waals surface area contributed by atoms with E-state index in [1.165, 1.54) is 0 Å². The Morgan fingerprint density at radius 2 is 1.50 bits per heavy atom. The van der Waals surface area contributed by atoms with Crippen molar-refractivity contribution >= 4 is 20.8 Å². The average molecular weight is 284 g/mol. The van der Waals surface area contributed by atoms with Gasteiger partial charge in [-0.25, -0.2) is 0 Å². The molecule has 0 N–H and O–H groups in total. The summed E-state index contributed by atoms with van der Waals surface area (Å²) in [5, 5.41) is 0. The van der Waals surface area contributed by atoms with Crippen LogP contribution in [-0.4, -0.2) is 4.21 Å². The molecule has 0 heterocycles. The third-order valence-corrected chi connectivity index (χ3v) is 0. The molecule has 0 aromatic heterocycles. The van der Waals surface area contributed by atoms with Crippen LogP contribution in [0, 0.1) is 0 Å². The van der Waals surface area contributed by atoms with Crippen molar-refractivity contribution in [3.8, 4) is 0 Å². The second-order valence-corrected chi connectivity index (χ2v) is 0. The third kappa shape index (κ3) is 10.6. The van der Waals surface area contributed by atoms with Crippen molar-refractivity contribution in [2.24, 2.45) is 0 Å². The van der Waals surface area contributed by atoms with Gasteiger partial charge in [-0.15, -0.1) is 0 Å². The normalized spacial score (nSPS) is 2.75. The second kappa shape index (κ2) is 28.8. The Balaban J connectivity index is 0. The van der Waals surface area contributed by atoms with Gasteiger partial charge in [-0.3, -0.25) is 0 Å². The number of hydrogen-bond acceptors (Lipinski definition) is 2. The van der Waals surface area contributed by atoms with Gasteiger partial charge in [0.25, 0.3) is 0 Å². The van der Waals surface area contributed by atoms with Crippen LogP contribution in [-0.2, 0) is 37.4 Å². The molecule has 4 heteroatoms. The van der Waals surface area contributed by atoms with E-state index in [0.29, 0.717) is 24.9 Å². The van der Waals surface area contributed by atoms with Gasteiger partial charge >= 0.3 is 33.1 Å². The van der Waals surface area contributed by atoms with Crippen LogP contribution in [0.2, 0.25) is 0 Å². The zero-order valence-corrected chi connectivity index (χ0v) is 8.97. The second-order valence-electron chi connectivity index (χ2n) is 0. The maximum absolute atomic E-state index is 7.83. The van der Waals surface area contributed by atoms with Gasteiger partial charge in [0.2, 0.25) is 0 Å². The fourth-order valence-electron chi connectivity index (χ4n) is 0. The first-order valence-corrected chi connectivity index (χ1v) is 7.54. The van der Waals surface area contributed by atoms with Crippen molar-refractivity contribution < 1.29 is 29.1 Å². The first kappa shape index (κ1) is 8.98. The van der Waals surface area contributed by atoms with Crippen molar-refractivity contribution in [3.63, 3.8) is 0 Å². The fourth-order valence-corrected chi connectivity index (χ4v) is 0. The van der Waals surface area contributed by atoms with E-state index in [9.17, 15) is 0 Å². The van der Waals surface area contributed by atoms with E-state index in [0.717, 1.165) is 0 Å². The van der Waals surface area contributed by atoms with Gasteiger partial charge < -0.3 is 0 Å². The summed E-state index contributed by atoms with van der Waals surface area (Å²) >= 11 is 3.33. The Kier molecular flexibility index (Phi) is 64.7. The first-order valence-electron chi connectivity index (χ1n) is 0.434. The average Bonchev–Trinajstić information content (AvgIpc) is 1.50. The molecule has 0 fully saturated rings. The van der Waals surface area contributed by atoms with Crippen LogP contribution in [0.15, 0.2) is 0 Å². The quantitative estimate of drug-likeness (QED) is 0.597. The third-order valence-electron chi connectivity index (χ3n) is 0. The summed E-state index contributed by atoms with van der Waals surface area (Å²) in [6, 6.07) is 0. The predicted molar refractivity (Wildman–Crippen MR) is 14.0 cm³/mol. The Hall–Kier alpha value is 1.25. The molecule has 0 radical (unpaired) electrons. The van der Waals surface area contributed by atoms with Gasteiger partial charge in [0.15, 0.2) is 12.5 Å². The summed E-state index contributed by atoms with van der Waals surface area (Å²) < 4.78 is 7.83. The van der Waals surface area contributed by atoms with Crippen molar-refractivity contribution in [2.75, 3.05) is 0 Å². The van der Waals surface area contributed by atoms with E-state index >= 15 is 0 Å². The molecule has 0 aliphatic rings. The molecule has 0 aliphatic carbocycles. The van der Waals surface area contributed by atoms with Crippen LogP contribution >= 0.6 is 8.25 Å². The van der Waals surface area contributed by atoms with E-state index < -0.39 is 0 Å². The minimum absolute atomic E-state index is 0.500. The van der Waals surface area contributed by atoms with Crippen LogP contribution in [0.25, 0.3) is 0 Å². The Morgan fingerprint density at radius 1 is 1.50 bits per heavy atom. The Labute approximate surface area is 49.7 Å². The Bertz CT molecular complexity index is 8.00. The first-order chi connectivity index (χ1) is 2.00. The van der Waals surface area contributed by atoms with Crippen molar-refractivity contribution in [1.82, 2.24) is 0 Å². The van der Waals surface area contributed by atoms with Gasteiger partial charge in [-0.1, -0.05) is 0 Å². The van der Waals surface area contributed by atoms with E-state index in [-0.39, 0.29) is 0 Å². The van der Waals surface area contributed by atoms with Crippen LogP contribution in [0.1, 0.15) is 0 Å². The van der Waals surface area contributed by atoms with Crippen molar-refractivity contribution in [3.05, 3.63) is 0 Å². The molecule has 0 rings (SSSR count). The molecule has 4 heavy (non-hydrogen) atoms. The van der Waals surface area contributed by atoms with Gasteiger partial charge in [0, 0.05) is 0 Å². The topological polar surface area (TPSA) is 17.1 Å². The molecular formula is ClHgOS. The molecule has 1 nitrogen and oxygen atoms in total. The zero-order valence-electron chi connectivity index (χ0n) is 1.90. The SMILES string of the molecule is O=S.[Cl][Hg]. The summed E-state index contributed by atoms with van der Waals surface area (Å²) in [6.07, 6.45) is 0. The van der Waals surface area contributed by atoms with Crippen LogP contribution in [0.4, 0.5) is 0 Å². The van der Waals surface area contributed by atoms with Crippen LogP contribution in [0.3, 0.4) is 0 Å². The van der Waals surface area contributed by atoms with Crippen LogP contribution < -0.4 is 0 Å². The molecule has 0 aliphatic heterocycles. The molecule has 0 amide bonds. The molecule has 0 atom stereocenters. The number of hydrogen-bond donors (Lipinski definition) is 0. The molecular weight excluding hydrogens is 284 g/mol. The monoisotopic (exact) mass is 285 g/mol. The molecule has 0 aromatic carbocycles. The van der Waals surface area contributed by atoms with Crippen LogP contribution in [0.5, 0.6) is 0 Å². The summed E-state index contributed by atoms with van der Waals surface area (Å²) in [5.41, 5.74) is 0. The zero-order chi connectivity index (χ0) is 4.00. The molecule has 0 unspecified atom stereocenters.